The number of nitrogens with two attached hydrogens (primary N) is 1. The van der Waals surface area contributed by atoms with Crippen molar-refractivity contribution < 1.29 is 4.79 Å². The molecule has 1 aromatic rings. The predicted molar refractivity (Wildman–Crippen MR) is 97.7 cm³/mol. The van der Waals surface area contributed by atoms with Crippen LogP contribution in [0.5, 0.6) is 0 Å². The standard InChI is InChI=1S/C16H27N3O.2ClH/c1-12(10-18-16(20)13(2)14(3)17)19(4)11-15-8-6-5-7-9-15;;/h5-9,12-14H,10-11,17H2,1-4H3,(H,18,20);2*1H. The van der Waals surface area contributed by atoms with E-state index in [4.69, 9.17) is 5.73 Å². The molecule has 1 rings (SSSR count). The average molecular weight is 350 g/mol. The van der Waals surface area contributed by atoms with Gasteiger partial charge in [0.25, 0.3) is 0 Å². The van der Waals surface area contributed by atoms with E-state index in [1.54, 1.807) is 0 Å². The molecule has 3 unspecified atom stereocenters. The molecule has 1 aromatic carbocycles. The largest absolute Gasteiger partial charge is 0.354 e. The van der Waals surface area contributed by atoms with Gasteiger partial charge in [0, 0.05) is 31.1 Å². The van der Waals surface area contributed by atoms with Gasteiger partial charge < -0.3 is 11.1 Å². The Morgan fingerprint density at radius 2 is 1.73 bits per heavy atom. The molecule has 22 heavy (non-hydrogen) atoms. The Bertz CT molecular complexity index is 415. The van der Waals surface area contributed by atoms with Crippen LogP contribution in [0.2, 0.25) is 0 Å². The van der Waals surface area contributed by atoms with Crippen molar-refractivity contribution in [2.75, 3.05) is 13.6 Å². The first kappa shape index (κ1) is 23.5. The van der Waals surface area contributed by atoms with Gasteiger partial charge in [0.2, 0.25) is 5.91 Å². The first-order chi connectivity index (χ1) is 9.41. The zero-order chi connectivity index (χ0) is 15.1. The molecule has 3 atom stereocenters. The molecule has 6 heteroatoms. The van der Waals surface area contributed by atoms with E-state index in [1.165, 1.54) is 5.56 Å². The van der Waals surface area contributed by atoms with Crippen LogP contribution in [0.15, 0.2) is 30.3 Å². The Balaban J connectivity index is 0. The zero-order valence-corrected chi connectivity index (χ0v) is 15.4. The highest BCUT2D eigenvalue weighted by atomic mass is 35.5. The monoisotopic (exact) mass is 349 g/mol. The van der Waals surface area contributed by atoms with E-state index in [9.17, 15) is 4.79 Å². The van der Waals surface area contributed by atoms with E-state index in [-0.39, 0.29) is 48.7 Å². The van der Waals surface area contributed by atoms with E-state index >= 15 is 0 Å². The van der Waals surface area contributed by atoms with Gasteiger partial charge in [-0.15, -0.1) is 24.8 Å². The summed E-state index contributed by atoms with van der Waals surface area (Å²) in [5.41, 5.74) is 7.01. The molecule has 0 aliphatic heterocycles. The van der Waals surface area contributed by atoms with Crippen LogP contribution >= 0.6 is 24.8 Å². The Labute approximate surface area is 146 Å². The van der Waals surface area contributed by atoms with Gasteiger partial charge in [-0.1, -0.05) is 37.3 Å². The summed E-state index contributed by atoms with van der Waals surface area (Å²) in [5, 5.41) is 2.97. The Morgan fingerprint density at radius 1 is 1.18 bits per heavy atom. The SMILES string of the molecule is CC(N)C(C)C(=O)NCC(C)N(C)Cc1ccccc1.Cl.Cl. The van der Waals surface area contributed by atoms with Gasteiger partial charge in [0.05, 0.1) is 0 Å². The molecule has 0 fully saturated rings. The lowest BCUT2D eigenvalue weighted by Gasteiger charge is -2.26. The van der Waals surface area contributed by atoms with Gasteiger partial charge in [-0.25, -0.2) is 0 Å². The molecule has 0 aromatic heterocycles. The first-order valence-corrected chi connectivity index (χ1v) is 7.19. The number of nitrogens with zero attached hydrogens (tertiary/aromatic N) is 1. The fourth-order valence-corrected chi connectivity index (χ4v) is 1.83. The number of carbonyl (C=O) groups is 1. The highest BCUT2D eigenvalue weighted by Crippen LogP contribution is 2.06. The summed E-state index contributed by atoms with van der Waals surface area (Å²) >= 11 is 0. The van der Waals surface area contributed by atoms with E-state index in [0.717, 1.165) is 6.54 Å². The number of halogens is 2. The summed E-state index contributed by atoms with van der Waals surface area (Å²) in [6, 6.07) is 10.5. The number of carbonyl (C=O) groups excluding carboxylic acids is 1. The van der Waals surface area contributed by atoms with Crippen LogP contribution < -0.4 is 11.1 Å². The van der Waals surface area contributed by atoms with Crippen molar-refractivity contribution in [3.05, 3.63) is 35.9 Å². The van der Waals surface area contributed by atoms with Gasteiger partial charge in [0.15, 0.2) is 0 Å². The zero-order valence-electron chi connectivity index (χ0n) is 13.8. The average Bonchev–Trinajstić information content (AvgIpc) is 2.44. The van der Waals surface area contributed by atoms with Crippen LogP contribution in [0.4, 0.5) is 0 Å². The highest BCUT2D eigenvalue weighted by molar-refractivity contribution is 5.85. The molecule has 0 aliphatic rings. The second kappa shape index (κ2) is 11.7. The van der Waals surface area contributed by atoms with Gasteiger partial charge in [-0.2, -0.15) is 0 Å². The highest BCUT2D eigenvalue weighted by Gasteiger charge is 2.18. The van der Waals surface area contributed by atoms with Crippen LogP contribution in [-0.2, 0) is 11.3 Å². The number of benzene rings is 1. The maximum Gasteiger partial charge on any atom is 0.224 e. The number of likely N-dealkylation sites (N-methyl/N-ethyl adjacent to an activating group) is 1. The van der Waals surface area contributed by atoms with Crippen LogP contribution in [0.1, 0.15) is 26.3 Å². The minimum Gasteiger partial charge on any atom is -0.354 e. The van der Waals surface area contributed by atoms with Crippen LogP contribution in [0.25, 0.3) is 0 Å². The smallest absolute Gasteiger partial charge is 0.224 e. The third-order valence-corrected chi connectivity index (χ3v) is 3.80. The van der Waals surface area contributed by atoms with E-state index in [2.05, 4.69) is 36.3 Å². The van der Waals surface area contributed by atoms with E-state index in [0.29, 0.717) is 6.54 Å². The summed E-state index contributed by atoms with van der Waals surface area (Å²) in [7, 11) is 2.07. The Hall–Kier alpha value is -0.810. The summed E-state index contributed by atoms with van der Waals surface area (Å²) < 4.78 is 0. The van der Waals surface area contributed by atoms with Crippen LogP contribution in [-0.4, -0.2) is 36.5 Å². The number of hydrogen-bond acceptors (Lipinski definition) is 3. The summed E-state index contributed by atoms with van der Waals surface area (Å²) in [6.45, 7) is 7.34. The van der Waals surface area contributed by atoms with Crippen molar-refractivity contribution in [3.63, 3.8) is 0 Å². The second-order valence-electron chi connectivity index (χ2n) is 5.64. The van der Waals surface area contributed by atoms with Crippen LogP contribution in [0.3, 0.4) is 0 Å². The fourth-order valence-electron chi connectivity index (χ4n) is 1.83. The molecule has 4 nitrogen and oxygen atoms in total. The maximum atomic E-state index is 11.9. The topological polar surface area (TPSA) is 58.4 Å². The lowest BCUT2D eigenvalue weighted by atomic mass is 10.0. The minimum absolute atomic E-state index is 0. The third-order valence-electron chi connectivity index (χ3n) is 3.80. The van der Waals surface area contributed by atoms with E-state index in [1.807, 2.05) is 32.0 Å². The van der Waals surface area contributed by atoms with Crippen LogP contribution in [0, 0.1) is 5.92 Å². The molecule has 128 valence electrons. The molecule has 1 amide bonds. The quantitative estimate of drug-likeness (QED) is 0.794. The van der Waals surface area contributed by atoms with Gasteiger partial charge in [-0.3, -0.25) is 9.69 Å². The second-order valence-corrected chi connectivity index (χ2v) is 5.64. The molecule has 0 aliphatic carbocycles. The molecule has 0 heterocycles. The fraction of sp³-hybridized carbons (Fsp3) is 0.562. The molecule has 0 spiro atoms. The van der Waals surface area contributed by atoms with Gasteiger partial charge in [-0.05, 0) is 26.5 Å². The molecule has 0 bridgehead atoms. The van der Waals surface area contributed by atoms with Crippen molar-refractivity contribution in [1.82, 2.24) is 10.2 Å². The molecular weight excluding hydrogens is 321 g/mol. The summed E-state index contributed by atoms with van der Waals surface area (Å²) in [4.78, 5) is 14.1. The van der Waals surface area contributed by atoms with Crippen molar-refractivity contribution in [2.45, 2.75) is 39.4 Å². The third kappa shape index (κ3) is 7.99. The number of rotatable bonds is 7. The van der Waals surface area contributed by atoms with E-state index < -0.39 is 0 Å². The number of hydrogen-bond donors (Lipinski definition) is 2. The van der Waals surface area contributed by atoms with Gasteiger partial charge in [0.1, 0.15) is 0 Å². The lowest BCUT2D eigenvalue weighted by Crippen LogP contribution is -2.44. The summed E-state index contributed by atoms with van der Waals surface area (Å²) in [5.74, 6) is -0.124. The lowest BCUT2D eigenvalue weighted by molar-refractivity contribution is -0.125. The maximum absolute atomic E-state index is 11.9. The van der Waals surface area contributed by atoms with Gasteiger partial charge >= 0.3 is 0 Å². The molecule has 0 saturated heterocycles. The minimum atomic E-state index is -0.151. The Kier molecular flexibility index (Phi) is 12.5. The van der Waals surface area contributed by atoms with Crippen molar-refractivity contribution in [3.8, 4) is 0 Å². The van der Waals surface area contributed by atoms with Crippen molar-refractivity contribution in [1.29, 1.82) is 0 Å². The number of nitrogens with one attached hydrogen (secondary N) is 1. The van der Waals surface area contributed by atoms with Crippen molar-refractivity contribution >= 4 is 30.7 Å². The molecular formula is C16H29Cl2N3O. The summed E-state index contributed by atoms with van der Waals surface area (Å²) in [6.07, 6.45) is 0. The molecule has 0 radical (unpaired) electrons. The Morgan fingerprint density at radius 3 is 2.23 bits per heavy atom. The first-order valence-electron chi connectivity index (χ1n) is 7.19. The molecule has 0 saturated carbocycles. The normalized spacial score (nSPS) is 14.3. The van der Waals surface area contributed by atoms with Crippen molar-refractivity contribution in [2.24, 2.45) is 11.7 Å². The predicted octanol–water partition coefficient (Wildman–Crippen LogP) is 2.45. The molecule has 3 N–H and O–H groups in total. The number of amides is 1.